The molecule has 1 aromatic rings. The van der Waals surface area contributed by atoms with Crippen LogP contribution in [0.3, 0.4) is 0 Å². The molecule has 0 spiro atoms. The van der Waals surface area contributed by atoms with Crippen LogP contribution in [0.2, 0.25) is 0 Å². The van der Waals surface area contributed by atoms with Crippen LogP contribution in [0.15, 0.2) is 0 Å². The van der Waals surface area contributed by atoms with Crippen molar-refractivity contribution < 1.29 is 0 Å². The third-order valence-electron chi connectivity index (χ3n) is 3.71. The second kappa shape index (κ2) is 7.49. The van der Waals surface area contributed by atoms with Gasteiger partial charge in [0, 0.05) is 5.41 Å². The number of hydrogen-bond acceptors (Lipinski definition) is 3. The summed E-state index contributed by atoms with van der Waals surface area (Å²) in [7, 11) is 1.84. The zero-order valence-corrected chi connectivity index (χ0v) is 12.4. The Balaban J connectivity index is 2.62. The Labute approximate surface area is 111 Å². The molecule has 0 radical (unpaired) electrons. The lowest BCUT2D eigenvalue weighted by atomic mass is 9.79. The Morgan fingerprint density at radius 1 is 1.00 bits per heavy atom. The first-order valence-electron chi connectivity index (χ1n) is 7.37. The first-order chi connectivity index (χ1) is 8.62. The molecular formula is C14H28N4. The van der Waals surface area contributed by atoms with Crippen molar-refractivity contribution in [3.05, 3.63) is 5.82 Å². The highest BCUT2D eigenvalue weighted by Gasteiger charge is 2.30. The molecule has 104 valence electrons. The predicted octanol–water partition coefficient (Wildman–Crippen LogP) is 3.63. The number of tetrazole rings is 1. The van der Waals surface area contributed by atoms with E-state index in [0.29, 0.717) is 0 Å². The van der Waals surface area contributed by atoms with Crippen LogP contribution in [-0.2, 0) is 12.5 Å². The molecule has 0 saturated heterocycles. The minimum atomic E-state index is 0.109. The molecule has 18 heavy (non-hydrogen) atoms. The van der Waals surface area contributed by atoms with Gasteiger partial charge in [-0.15, -0.1) is 10.2 Å². The Kier molecular flexibility index (Phi) is 6.30. The van der Waals surface area contributed by atoms with Crippen molar-refractivity contribution in [3.8, 4) is 0 Å². The van der Waals surface area contributed by atoms with Crippen molar-refractivity contribution in [2.24, 2.45) is 7.05 Å². The van der Waals surface area contributed by atoms with Gasteiger partial charge in [-0.1, -0.05) is 59.3 Å². The van der Waals surface area contributed by atoms with E-state index in [1.807, 2.05) is 7.05 Å². The molecule has 0 N–H and O–H groups in total. The highest BCUT2D eigenvalue weighted by Crippen LogP contribution is 2.32. The van der Waals surface area contributed by atoms with Gasteiger partial charge in [-0.25, -0.2) is 0 Å². The Morgan fingerprint density at radius 3 is 2.22 bits per heavy atom. The van der Waals surface area contributed by atoms with E-state index in [2.05, 4.69) is 36.2 Å². The standard InChI is InChI=1S/C14H28N4/c1-5-7-9-10-12-14(3,11-8-6-2)13-15-17-18(4)16-13/h5-12H2,1-4H3. The summed E-state index contributed by atoms with van der Waals surface area (Å²) in [6.07, 6.45) is 10.0. The van der Waals surface area contributed by atoms with Crippen molar-refractivity contribution in [2.75, 3.05) is 0 Å². The molecule has 0 fully saturated rings. The smallest absolute Gasteiger partial charge is 0.167 e. The van der Waals surface area contributed by atoms with Crippen molar-refractivity contribution in [2.45, 2.75) is 77.6 Å². The van der Waals surface area contributed by atoms with Gasteiger partial charge in [-0.3, -0.25) is 0 Å². The fourth-order valence-electron chi connectivity index (χ4n) is 2.38. The summed E-state index contributed by atoms with van der Waals surface area (Å²) in [4.78, 5) is 1.57. The topological polar surface area (TPSA) is 43.6 Å². The van der Waals surface area contributed by atoms with Crippen LogP contribution in [0.4, 0.5) is 0 Å². The van der Waals surface area contributed by atoms with Crippen LogP contribution in [0.1, 0.15) is 78.0 Å². The summed E-state index contributed by atoms with van der Waals surface area (Å²) in [6.45, 7) is 6.79. The zero-order chi connectivity index (χ0) is 13.4. The molecule has 1 aromatic heterocycles. The second-order valence-corrected chi connectivity index (χ2v) is 5.58. The number of nitrogens with zero attached hydrogens (tertiary/aromatic N) is 4. The summed E-state index contributed by atoms with van der Waals surface area (Å²) in [5, 5.41) is 12.7. The Bertz CT molecular complexity index is 334. The minimum Gasteiger partial charge on any atom is -0.167 e. The van der Waals surface area contributed by atoms with Crippen LogP contribution in [0.25, 0.3) is 0 Å². The fourth-order valence-corrected chi connectivity index (χ4v) is 2.38. The largest absolute Gasteiger partial charge is 0.180 e. The second-order valence-electron chi connectivity index (χ2n) is 5.58. The SMILES string of the molecule is CCCCCCC(C)(CCCC)c1nnn(C)n1. The molecule has 4 heteroatoms. The van der Waals surface area contributed by atoms with E-state index in [0.717, 1.165) is 5.82 Å². The molecule has 0 aliphatic rings. The molecule has 0 amide bonds. The van der Waals surface area contributed by atoms with E-state index in [-0.39, 0.29) is 5.41 Å². The number of hydrogen-bond donors (Lipinski definition) is 0. The van der Waals surface area contributed by atoms with Crippen LogP contribution < -0.4 is 0 Å². The van der Waals surface area contributed by atoms with Gasteiger partial charge < -0.3 is 0 Å². The van der Waals surface area contributed by atoms with Crippen LogP contribution in [-0.4, -0.2) is 20.2 Å². The molecule has 0 aromatic carbocycles. The summed E-state index contributed by atoms with van der Waals surface area (Å²) >= 11 is 0. The Hall–Kier alpha value is -0.930. The maximum absolute atomic E-state index is 4.43. The third kappa shape index (κ3) is 4.39. The van der Waals surface area contributed by atoms with Crippen molar-refractivity contribution >= 4 is 0 Å². The van der Waals surface area contributed by atoms with Gasteiger partial charge in [-0.2, -0.15) is 4.80 Å². The van der Waals surface area contributed by atoms with Crippen LogP contribution in [0, 0.1) is 0 Å². The van der Waals surface area contributed by atoms with Gasteiger partial charge in [0.1, 0.15) is 0 Å². The first-order valence-corrected chi connectivity index (χ1v) is 7.37. The lowest BCUT2D eigenvalue weighted by Crippen LogP contribution is -2.24. The van der Waals surface area contributed by atoms with E-state index >= 15 is 0 Å². The molecule has 1 atom stereocenters. The van der Waals surface area contributed by atoms with E-state index in [1.165, 1.54) is 51.4 Å². The fraction of sp³-hybridized carbons (Fsp3) is 0.929. The third-order valence-corrected chi connectivity index (χ3v) is 3.71. The number of aryl methyl sites for hydroxylation is 1. The van der Waals surface area contributed by atoms with Gasteiger partial charge in [0.05, 0.1) is 7.05 Å². The molecule has 1 heterocycles. The van der Waals surface area contributed by atoms with Gasteiger partial charge in [0.15, 0.2) is 5.82 Å². The lowest BCUT2D eigenvalue weighted by molar-refractivity contribution is 0.349. The predicted molar refractivity (Wildman–Crippen MR) is 74.4 cm³/mol. The maximum Gasteiger partial charge on any atom is 0.180 e. The van der Waals surface area contributed by atoms with Gasteiger partial charge >= 0.3 is 0 Å². The molecule has 1 unspecified atom stereocenters. The normalized spacial score (nSPS) is 14.7. The van der Waals surface area contributed by atoms with Gasteiger partial charge in [0.2, 0.25) is 0 Å². The van der Waals surface area contributed by atoms with E-state index < -0.39 is 0 Å². The molecule has 0 aliphatic carbocycles. The Morgan fingerprint density at radius 2 is 1.67 bits per heavy atom. The average molecular weight is 252 g/mol. The van der Waals surface area contributed by atoms with E-state index in [9.17, 15) is 0 Å². The van der Waals surface area contributed by atoms with Crippen LogP contribution in [0.5, 0.6) is 0 Å². The first kappa shape index (κ1) is 15.1. The summed E-state index contributed by atoms with van der Waals surface area (Å²) in [6, 6.07) is 0. The van der Waals surface area contributed by atoms with Crippen molar-refractivity contribution in [1.82, 2.24) is 20.2 Å². The molecule has 0 aliphatic heterocycles. The molecular weight excluding hydrogens is 224 g/mol. The number of unbranched alkanes of at least 4 members (excludes halogenated alkanes) is 4. The summed E-state index contributed by atoms with van der Waals surface area (Å²) in [5.74, 6) is 0.926. The van der Waals surface area contributed by atoms with E-state index in [4.69, 9.17) is 0 Å². The molecule has 4 nitrogen and oxygen atoms in total. The zero-order valence-electron chi connectivity index (χ0n) is 12.4. The monoisotopic (exact) mass is 252 g/mol. The summed E-state index contributed by atoms with van der Waals surface area (Å²) < 4.78 is 0. The quantitative estimate of drug-likeness (QED) is 0.630. The average Bonchev–Trinajstić information content (AvgIpc) is 2.80. The highest BCUT2D eigenvalue weighted by molar-refractivity contribution is 5.02. The van der Waals surface area contributed by atoms with Gasteiger partial charge in [-0.05, 0) is 18.1 Å². The summed E-state index contributed by atoms with van der Waals surface area (Å²) in [5.41, 5.74) is 0.109. The number of rotatable bonds is 9. The minimum absolute atomic E-state index is 0.109. The number of aromatic nitrogens is 4. The molecule has 1 rings (SSSR count). The van der Waals surface area contributed by atoms with E-state index in [1.54, 1.807) is 4.80 Å². The molecule has 0 saturated carbocycles. The lowest BCUT2D eigenvalue weighted by Gasteiger charge is -2.26. The van der Waals surface area contributed by atoms with Crippen molar-refractivity contribution in [1.29, 1.82) is 0 Å². The highest BCUT2D eigenvalue weighted by atomic mass is 15.6. The maximum atomic E-state index is 4.43. The molecule has 0 bridgehead atoms. The van der Waals surface area contributed by atoms with Crippen LogP contribution >= 0.6 is 0 Å². The van der Waals surface area contributed by atoms with Crippen molar-refractivity contribution in [3.63, 3.8) is 0 Å². The van der Waals surface area contributed by atoms with Gasteiger partial charge in [0.25, 0.3) is 0 Å².